The van der Waals surface area contributed by atoms with Crippen molar-refractivity contribution in [2.24, 2.45) is 34.5 Å². The predicted molar refractivity (Wildman–Crippen MR) is 128 cm³/mol. The molecule has 5 fully saturated rings. The highest BCUT2D eigenvalue weighted by molar-refractivity contribution is 5.49. The van der Waals surface area contributed by atoms with Gasteiger partial charge in [0.05, 0.1) is 6.10 Å². The summed E-state index contributed by atoms with van der Waals surface area (Å²) < 4.78 is 7.09. The molecule has 2 aliphatic heterocycles. The summed E-state index contributed by atoms with van der Waals surface area (Å²) in [4.78, 5) is 12.7. The summed E-state index contributed by atoms with van der Waals surface area (Å²) in [6.45, 7) is 14.3. The minimum Gasteiger partial charge on any atom is -0.393 e. The minimum absolute atomic E-state index is 0.127. The highest BCUT2D eigenvalue weighted by atomic mass is 17.2. The topological polar surface area (TPSA) is 51.2 Å². The second-order valence-corrected chi connectivity index (χ2v) is 13.4. The maximum atomic E-state index is 10.5. The van der Waals surface area contributed by atoms with Gasteiger partial charge in [-0.05, 0) is 74.3 Å². The lowest BCUT2D eigenvalue weighted by atomic mass is 9.40. The molecule has 2 heterocycles. The van der Waals surface area contributed by atoms with E-state index in [4.69, 9.17) is 14.5 Å². The lowest BCUT2D eigenvalue weighted by molar-refractivity contribution is -0.353. The second-order valence-electron chi connectivity index (χ2n) is 13.4. The van der Waals surface area contributed by atoms with Gasteiger partial charge in [0.25, 0.3) is 0 Å². The number of rotatable bonds is 4. The second kappa shape index (κ2) is 6.75. The summed E-state index contributed by atoms with van der Waals surface area (Å²) in [6, 6.07) is 0. The molecule has 184 valence electrons. The number of aliphatic hydroxyl groups excluding tert-OH is 1. The molecule has 4 nitrogen and oxygen atoms in total. The first-order valence-electron chi connectivity index (χ1n) is 13.7. The zero-order valence-corrected chi connectivity index (χ0v) is 21.5. The standard InChI is InChI=1S/C29H44O4/c1-19(2)20(3)9-10-21(4)23-8-7-12-27-24(23,5)14-16-28-25(6)13-11-22(30)18-26(25,32-33-28)15-17-29(27,28)31-27/h9-10,15,17,19-23,30H,7-8,11-14,16,18H2,1-6H3. The molecule has 6 aliphatic rings. The van der Waals surface area contributed by atoms with Crippen LogP contribution in [0.5, 0.6) is 0 Å². The van der Waals surface area contributed by atoms with Gasteiger partial charge in [-0.25, -0.2) is 9.78 Å². The zero-order valence-electron chi connectivity index (χ0n) is 21.5. The van der Waals surface area contributed by atoms with Gasteiger partial charge >= 0.3 is 0 Å². The fraction of sp³-hybridized carbons (Fsp3) is 0.862. The van der Waals surface area contributed by atoms with E-state index in [0.29, 0.717) is 30.1 Å². The number of allylic oxidation sites excluding steroid dienone is 2. The summed E-state index contributed by atoms with van der Waals surface area (Å²) in [5, 5.41) is 10.5. The summed E-state index contributed by atoms with van der Waals surface area (Å²) in [6.07, 6.45) is 17.3. The quantitative estimate of drug-likeness (QED) is 0.314. The van der Waals surface area contributed by atoms with E-state index in [1.54, 1.807) is 0 Å². The Morgan fingerprint density at radius 2 is 1.70 bits per heavy atom. The fourth-order valence-electron chi connectivity index (χ4n) is 9.34. The van der Waals surface area contributed by atoms with Crippen molar-refractivity contribution in [1.29, 1.82) is 0 Å². The molecule has 33 heavy (non-hydrogen) atoms. The van der Waals surface area contributed by atoms with Crippen molar-refractivity contribution in [2.75, 3.05) is 0 Å². The molecule has 0 amide bonds. The van der Waals surface area contributed by atoms with Gasteiger partial charge in [0.15, 0.2) is 0 Å². The van der Waals surface area contributed by atoms with Gasteiger partial charge in [0.2, 0.25) is 0 Å². The number of epoxide rings is 1. The van der Waals surface area contributed by atoms with Crippen molar-refractivity contribution in [3.05, 3.63) is 24.3 Å². The van der Waals surface area contributed by atoms with Crippen molar-refractivity contribution in [3.8, 4) is 0 Å². The predicted octanol–water partition coefficient (Wildman–Crippen LogP) is 6.14. The van der Waals surface area contributed by atoms with Gasteiger partial charge < -0.3 is 9.84 Å². The molecular formula is C29H44O4. The first-order chi connectivity index (χ1) is 15.5. The van der Waals surface area contributed by atoms with E-state index in [1.807, 2.05) is 0 Å². The van der Waals surface area contributed by atoms with Crippen LogP contribution in [-0.2, 0) is 14.5 Å². The smallest absolute Gasteiger partial charge is 0.149 e. The molecule has 1 N–H and O–H groups in total. The molecule has 3 spiro atoms. The number of hydrogen-bond donors (Lipinski definition) is 1. The van der Waals surface area contributed by atoms with Crippen LogP contribution in [-0.4, -0.2) is 33.6 Å². The SMILES string of the molecule is CC(C)C(C)C=CC(C)C1CCCC23OC24C=CC25CC(O)CCC2(C)C4(CCC13C)OO5. The third-order valence-electron chi connectivity index (χ3n) is 11.9. The van der Waals surface area contributed by atoms with E-state index in [-0.39, 0.29) is 22.5 Å². The van der Waals surface area contributed by atoms with Gasteiger partial charge in [-0.2, -0.15) is 0 Å². The maximum absolute atomic E-state index is 10.5. The Morgan fingerprint density at radius 3 is 2.45 bits per heavy atom. The molecule has 4 aliphatic carbocycles. The average Bonchev–Trinajstić information content (AvgIpc) is 3.41. The summed E-state index contributed by atoms with van der Waals surface area (Å²) >= 11 is 0. The first kappa shape index (κ1) is 22.8. The van der Waals surface area contributed by atoms with Gasteiger partial charge in [-0.1, -0.05) is 60.1 Å². The lowest BCUT2D eigenvalue weighted by Gasteiger charge is -2.60. The van der Waals surface area contributed by atoms with Crippen molar-refractivity contribution < 1.29 is 19.6 Å². The number of hydrogen-bond acceptors (Lipinski definition) is 4. The molecule has 4 heteroatoms. The number of aliphatic hydroxyl groups is 1. The minimum atomic E-state index is -0.520. The first-order valence-corrected chi connectivity index (χ1v) is 13.7. The lowest BCUT2D eigenvalue weighted by Crippen LogP contribution is -2.71. The Kier molecular flexibility index (Phi) is 4.65. The Bertz CT molecular complexity index is 896. The Labute approximate surface area is 200 Å². The molecule has 2 saturated heterocycles. The molecule has 0 aromatic heterocycles. The van der Waals surface area contributed by atoms with Gasteiger partial charge in [0.1, 0.15) is 22.4 Å². The van der Waals surface area contributed by atoms with Gasteiger partial charge in [0, 0.05) is 17.3 Å². The average molecular weight is 457 g/mol. The molecule has 2 bridgehead atoms. The third-order valence-corrected chi connectivity index (χ3v) is 11.9. The Morgan fingerprint density at radius 1 is 0.909 bits per heavy atom. The van der Waals surface area contributed by atoms with Crippen LogP contribution in [0.2, 0.25) is 0 Å². The molecular weight excluding hydrogens is 412 g/mol. The summed E-state index contributed by atoms with van der Waals surface area (Å²) in [7, 11) is 0. The molecule has 0 aromatic rings. The maximum Gasteiger partial charge on any atom is 0.149 e. The van der Waals surface area contributed by atoms with Crippen LogP contribution in [0.1, 0.15) is 92.9 Å². The molecule has 0 radical (unpaired) electrons. The van der Waals surface area contributed by atoms with Crippen molar-refractivity contribution in [1.82, 2.24) is 0 Å². The summed E-state index contributed by atoms with van der Waals surface area (Å²) in [5.74, 6) is 2.43. The van der Waals surface area contributed by atoms with Crippen molar-refractivity contribution in [3.63, 3.8) is 0 Å². The Balaban J connectivity index is 1.38. The zero-order chi connectivity index (χ0) is 23.5. The van der Waals surface area contributed by atoms with Crippen molar-refractivity contribution in [2.45, 2.75) is 121 Å². The summed E-state index contributed by atoms with van der Waals surface area (Å²) in [5.41, 5.74) is -1.55. The van der Waals surface area contributed by atoms with E-state index in [1.165, 1.54) is 12.8 Å². The Hall–Kier alpha value is -0.680. The largest absolute Gasteiger partial charge is 0.393 e. The molecule has 10 unspecified atom stereocenters. The van der Waals surface area contributed by atoms with Gasteiger partial charge in [-0.15, -0.1) is 0 Å². The monoisotopic (exact) mass is 456 g/mol. The van der Waals surface area contributed by atoms with E-state index < -0.39 is 16.8 Å². The van der Waals surface area contributed by atoms with E-state index >= 15 is 0 Å². The van der Waals surface area contributed by atoms with E-state index in [0.717, 1.165) is 32.1 Å². The number of ether oxygens (including phenoxy) is 1. The van der Waals surface area contributed by atoms with Crippen molar-refractivity contribution >= 4 is 0 Å². The third kappa shape index (κ3) is 2.38. The van der Waals surface area contributed by atoms with Crippen LogP contribution >= 0.6 is 0 Å². The van der Waals surface area contributed by atoms with Crippen LogP contribution in [0.4, 0.5) is 0 Å². The molecule has 3 saturated carbocycles. The van der Waals surface area contributed by atoms with Crippen LogP contribution in [0.15, 0.2) is 24.3 Å². The van der Waals surface area contributed by atoms with E-state index in [9.17, 15) is 5.11 Å². The fourth-order valence-corrected chi connectivity index (χ4v) is 9.34. The molecule has 0 aromatic carbocycles. The van der Waals surface area contributed by atoms with Crippen LogP contribution < -0.4 is 0 Å². The highest BCUT2D eigenvalue weighted by Crippen LogP contribution is 2.83. The van der Waals surface area contributed by atoms with E-state index in [2.05, 4.69) is 65.8 Å². The normalized spacial score (nSPS) is 56.1. The van der Waals surface area contributed by atoms with Crippen LogP contribution in [0, 0.1) is 34.5 Å². The van der Waals surface area contributed by atoms with Crippen LogP contribution in [0.25, 0.3) is 0 Å². The molecule has 6 rings (SSSR count). The van der Waals surface area contributed by atoms with Gasteiger partial charge in [-0.3, -0.25) is 0 Å². The highest BCUT2D eigenvalue weighted by Gasteiger charge is 2.93. The molecule has 10 atom stereocenters. The van der Waals surface area contributed by atoms with Crippen LogP contribution in [0.3, 0.4) is 0 Å².